The molecule has 0 bridgehead atoms. The zero-order valence-corrected chi connectivity index (χ0v) is 8.29. The molecule has 0 amide bonds. The summed E-state index contributed by atoms with van der Waals surface area (Å²) in [4.78, 5) is 0. The molecular weight excluding hydrogens is 176 g/mol. The van der Waals surface area contributed by atoms with E-state index in [9.17, 15) is 5.11 Å². The highest BCUT2D eigenvalue weighted by Gasteiger charge is 2.42. The van der Waals surface area contributed by atoms with Crippen LogP contribution in [0.5, 0.6) is 5.75 Å². The van der Waals surface area contributed by atoms with Crippen LogP contribution >= 0.6 is 0 Å². The van der Waals surface area contributed by atoms with Crippen molar-refractivity contribution in [2.45, 2.75) is 37.9 Å². The van der Waals surface area contributed by atoms with E-state index < -0.39 is 5.60 Å². The minimum atomic E-state index is -0.537. The number of ether oxygens (including phenoxy) is 1. The lowest BCUT2D eigenvalue weighted by Gasteiger charge is -2.09. The maximum atomic E-state index is 9.94. The summed E-state index contributed by atoms with van der Waals surface area (Å²) in [5.74, 6) is 0.968. The van der Waals surface area contributed by atoms with Crippen LogP contribution in [-0.4, -0.2) is 11.2 Å². The molecule has 1 unspecified atom stereocenters. The molecule has 0 aromatic heterocycles. The van der Waals surface area contributed by atoms with Crippen LogP contribution in [-0.2, 0) is 12.0 Å². The average molecular weight is 190 g/mol. The van der Waals surface area contributed by atoms with Crippen LogP contribution in [0.4, 0.5) is 0 Å². The minimum absolute atomic E-state index is 0.286. The van der Waals surface area contributed by atoms with Crippen LogP contribution in [0.25, 0.3) is 0 Å². The SMILES string of the molecule is CC1Cc2ccc(C3(O)CC3)cc2O1. The Morgan fingerprint density at radius 1 is 1.43 bits per heavy atom. The van der Waals surface area contributed by atoms with Crippen molar-refractivity contribution in [3.8, 4) is 5.75 Å². The molecule has 2 heteroatoms. The van der Waals surface area contributed by atoms with Gasteiger partial charge in [0.15, 0.2) is 0 Å². The van der Waals surface area contributed by atoms with Gasteiger partial charge < -0.3 is 9.84 Å². The predicted molar refractivity (Wildman–Crippen MR) is 53.4 cm³/mol. The Morgan fingerprint density at radius 2 is 2.21 bits per heavy atom. The Hall–Kier alpha value is -1.02. The van der Waals surface area contributed by atoms with Crippen LogP contribution in [0.1, 0.15) is 30.9 Å². The van der Waals surface area contributed by atoms with Gasteiger partial charge in [0.25, 0.3) is 0 Å². The van der Waals surface area contributed by atoms with E-state index in [1.807, 2.05) is 12.1 Å². The van der Waals surface area contributed by atoms with Crippen molar-refractivity contribution in [1.82, 2.24) is 0 Å². The molecule has 74 valence electrons. The van der Waals surface area contributed by atoms with E-state index in [1.165, 1.54) is 5.56 Å². The Morgan fingerprint density at radius 3 is 2.93 bits per heavy atom. The first-order valence-electron chi connectivity index (χ1n) is 5.20. The Labute approximate surface area is 83.5 Å². The van der Waals surface area contributed by atoms with Crippen molar-refractivity contribution >= 4 is 0 Å². The quantitative estimate of drug-likeness (QED) is 0.733. The van der Waals surface area contributed by atoms with E-state index in [-0.39, 0.29) is 6.10 Å². The molecular formula is C12H14O2. The third-order valence-corrected chi connectivity index (χ3v) is 3.16. The van der Waals surface area contributed by atoms with Crippen molar-refractivity contribution in [2.24, 2.45) is 0 Å². The summed E-state index contributed by atoms with van der Waals surface area (Å²) in [5.41, 5.74) is 1.75. The van der Waals surface area contributed by atoms with Gasteiger partial charge in [-0.3, -0.25) is 0 Å². The fraction of sp³-hybridized carbons (Fsp3) is 0.500. The first-order valence-corrected chi connectivity index (χ1v) is 5.20. The summed E-state index contributed by atoms with van der Waals surface area (Å²) in [6.45, 7) is 2.07. The number of benzene rings is 1. The number of rotatable bonds is 1. The highest BCUT2D eigenvalue weighted by Crippen LogP contribution is 2.47. The summed E-state index contributed by atoms with van der Waals surface area (Å²) in [6.07, 6.45) is 3.06. The number of aliphatic hydroxyl groups is 1. The summed E-state index contributed by atoms with van der Waals surface area (Å²) in [7, 11) is 0. The molecule has 1 fully saturated rings. The molecule has 1 aliphatic carbocycles. The van der Waals surface area contributed by atoms with Crippen molar-refractivity contribution in [2.75, 3.05) is 0 Å². The van der Waals surface area contributed by atoms with Gasteiger partial charge in [-0.05, 0) is 37.0 Å². The zero-order chi connectivity index (χ0) is 9.76. The summed E-state index contributed by atoms with van der Waals surface area (Å²) >= 11 is 0. The minimum Gasteiger partial charge on any atom is -0.490 e. The second-order valence-electron chi connectivity index (χ2n) is 4.49. The van der Waals surface area contributed by atoms with Gasteiger partial charge >= 0.3 is 0 Å². The van der Waals surface area contributed by atoms with E-state index in [0.29, 0.717) is 0 Å². The average Bonchev–Trinajstić information content (AvgIpc) is 2.79. The lowest BCUT2D eigenvalue weighted by atomic mass is 10.0. The Bertz CT molecular complexity index is 380. The molecule has 0 radical (unpaired) electrons. The standard InChI is InChI=1S/C12H14O2/c1-8-6-9-2-3-10(7-11(9)14-8)12(13)4-5-12/h2-3,7-8,13H,4-6H2,1H3. The topological polar surface area (TPSA) is 29.5 Å². The van der Waals surface area contributed by atoms with E-state index in [0.717, 1.165) is 30.6 Å². The largest absolute Gasteiger partial charge is 0.490 e. The first-order chi connectivity index (χ1) is 6.67. The molecule has 1 aromatic carbocycles. The number of hydrogen-bond donors (Lipinski definition) is 1. The number of fused-ring (bicyclic) bond motifs is 1. The maximum Gasteiger partial charge on any atom is 0.123 e. The number of hydrogen-bond acceptors (Lipinski definition) is 2. The highest BCUT2D eigenvalue weighted by molar-refractivity contribution is 5.43. The fourth-order valence-corrected chi connectivity index (χ4v) is 2.10. The van der Waals surface area contributed by atoms with Crippen LogP contribution < -0.4 is 4.74 Å². The molecule has 0 saturated heterocycles. The molecule has 1 atom stereocenters. The molecule has 2 nitrogen and oxygen atoms in total. The summed E-state index contributed by atoms with van der Waals surface area (Å²) in [5, 5.41) is 9.94. The van der Waals surface area contributed by atoms with Crippen LogP contribution in [0.15, 0.2) is 18.2 Å². The van der Waals surface area contributed by atoms with Crippen LogP contribution in [0, 0.1) is 0 Å². The normalized spacial score (nSPS) is 26.9. The van der Waals surface area contributed by atoms with Gasteiger partial charge in [0.05, 0.1) is 5.60 Å². The molecule has 0 spiro atoms. The molecule has 1 N–H and O–H groups in total. The van der Waals surface area contributed by atoms with Crippen molar-refractivity contribution in [3.05, 3.63) is 29.3 Å². The lowest BCUT2D eigenvalue weighted by molar-refractivity contribution is 0.151. The Kier molecular flexibility index (Phi) is 1.49. The van der Waals surface area contributed by atoms with Crippen LogP contribution in [0.2, 0.25) is 0 Å². The molecule has 1 aliphatic heterocycles. The van der Waals surface area contributed by atoms with Crippen molar-refractivity contribution < 1.29 is 9.84 Å². The van der Waals surface area contributed by atoms with E-state index in [1.54, 1.807) is 0 Å². The molecule has 3 rings (SSSR count). The van der Waals surface area contributed by atoms with Gasteiger partial charge in [0, 0.05) is 6.42 Å². The fourth-order valence-electron chi connectivity index (χ4n) is 2.10. The second kappa shape index (κ2) is 2.51. The molecule has 1 saturated carbocycles. The van der Waals surface area contributed by atoms with Gasteiger partial charge in [-0.15, -0.1) is 0 Å². The van der Waals surface area contributed by atoms with Gasteiger partial charge in [-0.25, -0.2) is 0 Å². The van der Waals surface area contributed by atoms with Crippen molar-refractivity contribution in [1.29, 1.82) is 0 Å². The monoisotopic (exact) mass is 190 g/mol. The highest BCUT2D eigenvalue weighted by atomic mass is 16.5. The molecule has 1 aromatic rings. The Balaban J connectivity index is 2.00. The molecule has 1 heterocycles. The van der Waals surface area contributed by atoms with Gasteiger partial charge in [0.1, 0.15) is 11.9 Å². The van der Waals surface area contributed by atoms with Gasteiger partial charge in [-0.2, -0.15) is 0 Å². The predicted octanol–water partition coefficient (Wildman–Crippen LogP) is 1.99. The lowest BCUT2D eigenvalue weighted by Crippen LogP contribution is -2.06. The van der Waals surface area contributed by atoms with E-state index >= 15 is 0 Å². The molecule has 14 heavy (non-hydrogen) atoms. The van der Waals surface area contributed by atoms with Gasteiger partial charge in [-0.1, -0.05) is 12.1 Å². The third-order valence-electron chi connectivity index (χ3n) is 3.16. The van der Waals surface area contributed by atoms with Gasteiger partial charge in [0.2, 0.25) is 0 Å². The smallest absolute Gasteiger partial charge is 0.123 e. The van der Waals surface area contributed by atoms with E-state index in [4.69, 9.17) is 4.74 Å². The first kappa shape index (κ1) is 8.30. The van der Waals surface area contributed by atoms with E-state index in [2.05, 4.69) is 13.0 Å². The maximum absolute atomic E-state index is 9.94. The summed E-state index contributed by atoms with van der Waals surface area (Å²) in [6, 6.07) is 6.13. The van der Waals surface area contributed by atoms with Crippen molar-refractivity contribution in [3.63, 3.8) is 0 Å². The van der Waals surface area contributed by atoms with Crippen LogP contribution in [0.3, 0.4) is 0 Å². The molecule has 2 aliphatic rings. The third kappa shape index (κ3) is 1.14. The second-order valence-corrected chi connectivity index (χ2v) is 4.49. The zero-order valence-electron chi connectivity index (χ0n) is 8.29. The summed E-state index contributed by atoms with van der Waals surface area (Å²) < 4.78 is 5.66.